The molecule has 8 heteroatoms. The molecule has 1 aromatic carbocycles. The van der Waals surface area contributed by atoms with Gasteiger partial charge in [0.2, 0.25) is 0 Å². The van der Waals surface area contributed by atoms with Crippen molar-refractivity contribution in [3.05, 3.63) is 87.1 Å². The standard InChI is InChI=1S/C24H27Cl2F3N2O/c1-5-9-22(26)31-23(20(14-17(4)25)16(3)6-2)30-15-18-10-7-12-21(24(27,28)29)19(18)11-8-13-32/h6-12,14,32H,4-5,13,15H2,1-3H3,(H,30,31)/b11-8-,16-6-,20-14+,22-9+. The first-order chi connectivity index (χ1) is 15.0. The van der Waals surface area contributed by atoms with Crippen molar-refractivity contribution < 1.29 is 18.3 Å². The van der Waals surface area contributed by atoms with Crippen LogP contribution in [0.25, 0.3) is 6.08 Å². The average Bonchev–Trinajstić information content (AvgIpc) is 2.72. The maximum atomic E-state index is 13.5. The third-order valence-corrected chi connectivity index (χ3v) is 4.69. The SMILES string of the molecule is C=C(Cl)/C=C(C(=NCc1cccc(C(F)(F)F)c1/C=C\CO)N/C(Cl)=C/CC)\C(C)=C/C. The Hall–Kier alpha value is -2.28. The summed E-state index contributed by atoms with van der Waals surface area (Å²) in [7, 11) is 0. The summed E-state index contributed by atoms with van der Waals surface area (Å²) in [6.45, 7) is 8.83. The maximum Gasteiger partial charge on any atom is 0.416 e. The van der Waals surface area contributed by atoms with Crippen LogP contribution in [0.3, 0.4) is 0 Å². The van der Waals surface area contributed by atoms with Crippen LogP contribution in [0.2, 0.25) is 0 Å². The Morgan fingerprint density at radius 3 is 2.50 bits per heavy atom. The highest BCUT2D eigenvalue weighted by atomic mass is 35.5. The lowest BCUT2D eigenvalue weighted by Crippen LogP contribution is -2.24. The molecule has 1 rings (SSSR count). The van der Waals surface area contributed by atoms with E-state index in [1.165, 1.54) is 18.2 Å². The number of halogens is 5. The van der Waals surface area contributed by atoms with Crippen molar-refractivity contribution in [3.63, 3.8) is 0 Å². The third-order valence-electron chi connectivity index (χ3n) is 4.33. The van der Waals surface area contributed by atoms with Gasteiger partial charge in [-0.3, -0.25) is 4.99 Å². The molecule has 0 aliphatic carbocycles. The molecule has 3 nitrogen and oxygen atoms in total. The predicted octanol–water partition coefficient (Wildman–Crippen LogP) is 7.33. The maximum absolute atomic E-state index is 13.5. The molecule has 174 valence electrons. The summed E-state index contributed by atoms with van der Waals surface area (Å²) < 4.78 is 40.6. The highest BCUT2D eigenvalue weighted by Crippen LogP contribution is 2.34. The fourth-order valence-corrected chi connectivity index (χ4v) is 3.10. The molecule has 0 unspecified atom stereocenters. The van der Waals surface area contributed by atoms with Gasteiger partial charge < -0.3 is 10.4 Å². The predicted molar refractivity (Wildman–Crippen MR) is 129 cm³/mol. The summed E-state index contributed by atoms with van der Waals surface area (Å²) in [4.78, 5) is 4.54. The molecule has 2 N–H and O–H groups in total. The molecule has 0 spiro atoms. The zero-order chi connectivity index (χ0) is 24.3. The molecule has 0 aliphatic heterocycles. The van der Waals surface area contributed by atoms with E-state index >= 15 is 0 Å². The van der Waals surface area contributed by atoms with Crippen LogP contribution in [0.5, 0.6) is 0 Å². The van der Waals surface area contributed by atoms with E-state index in [4.69, 9.17) is 28.3 Å². The van der Waals surface area contributed by atoms with E-state index in [0.29, 0.717) is 28.5 Å². The van der Waals surface area contributed by atoms with Gasteiger partial charge in [0.25, 0.3) is 0 Å². The summed E-state index contributed by atoms with van der Waals surface area (Å²) in [6, 6.07) is 3.88. The summed E-state index contributed by atoms with van der Waals surface area (Å²) in [5, 5.41) is 12.7. The third kappa shape index (κ3) is 8.69. The van der Waals surface area contributed by atoms with E-state index in [2.05, 4.69) is 16.9 Å². The van der Waals surface area contributed by atoms with Crippen LogP contribution in [0.4, 0.5) is 13.2 Å². The minimum absolute atomic E-state index is 0.0533. The molecular formula is C24H27Cl2F3N2O. The lowest BCUT2D eigenvalue weighted by atomic mass is 9.99. The molecule has 0 aliphatic rings. The molecule has 0 atom stereocenters. The fourth-order valence-electron chi connectivity index (χ4n) is 2.75. The second-order valence-corrected chi connectivity index (χ2v) is 7.58. The summed E-state index contributed by atoms with van der Waals surface area (Å²) in [6.07, 6.45) is 3.83. The number of aliphatic imine (C=N–C) groups is 1. The molecule has 0 fully saturated rings. The Balaban J connectivity index is 3.63. The van der Waals surface area contributed by atoms with E-state index in [-0.39, 0.29) is 23.7 Å². The minimum Gasteiger partial charge on any atom is -0.392 e. The molecule has 0 heterocycles. The van der Waals surface area contributed by atoms with Crippen molar-refractivity contribution in [2.24, 2.45) is 4.99 Å². The number of alkyl halides is 3. The van der Waals surface area contributed by atoms with E-state index in [1.54, 1.807) is 18.2 Å². The zero-order valence-electron chi connectivity index (χ0n) is 18.2. The van der Waals surface area contributed by atoms with Crippen molar-refractivity contribution >= 4 is 35.1 Å². The van der Waals surface area contributed by atoms with Gasteiger partial charge in [0.1, 0.15) is 11.0 Å². The first-order valence-electron chi connectivity index (χ1n) is 9.88. The number of rotatable bonds is 9. The highest BCUT2D eigenvalue weighted by molar-refractivity contribution is 6.32. The fraction of sp³-hybridized carbons (Fsp3) is 0.292. The van der Waals surface area contributed by atoms with E-state index in [0.717, 1.165) is 11.6 Å². The van der Waals surface area contributed by atoms with E-state index in [9.17, 15) is 13.2 Å². The lowest BCUT2D eigenvalue weighted by molar-refractivity contribution is -0.137. The number of nitrogens with one attached hydrogen (secondary N) is 1. The molecular weight excluding hydrogens is 460 g/mol. The zero-order valence-corrected chi connectivity index (χ0v) is 19.7. The van der Waals surface area contributed by atoms with Crippen LogP contribution in [-0.2, 0) is 12.7 Å². The average molecular weight is 487 g/mol. The first-order valence-corrected chi connectivity index (χ1v) is 10.6. The van der Waals surface area contributed by atoms with Gasteiger partial charge in [0.15, 0.2) is 0 Å². The lowest BCUT2D eigenvalue weighted by Gasteiger charge is -2.16. The molecule has 1 aromatic rings. The van der Waals surface area contributed by atoms with Gasteiger partial charge in [-0.2, -0.15) is 13.2 Å². The van der Waals surface area contributed by atoms with E-state index in [1.807, 2.05) is 26.8 Å². The van der Waals surface area contributed by atoms with E-state index < -0.39 is 11.7 Å². The Morgan fingerprint density at radius 2 is 1.97 bits per heavy atom. The second-order valence-electron chi connectivity index (χ2n) is 6.69. The van der Waals surface area contributed by atoms with Crippen LogP contribution < -0.4 is 5.32 Å². The van der Waals surface area contributed by atoms with Gasteiger partial charge >= 0.3 is 6.18 Å². The molecule has 0 amide bonds. The molecule has 0 saturated carbocycles. The van der Waals surface area contributed by atoms with Crippen molar-refractivity contribution in [3.8, 4) is 0 Å². The van der Waals surface area contributed by atoms with Gasteiger partial charge in [-0.15, -0.1) is 0 Å². The number of aliphatic hydroxyl groups is 1. The number of hydrogen-bond donors (Lipinski definition) is 2. The Morgan fingerprint density at radius 1 is 1.28 bits per heavy atom. The Labute approximate surface area is 197 Å². The highest BCUT2D eigenvalue weighted by Gasteiger charge is 2.33. The van der Waals surface area contributed by atoms with Crippen molar-refractivity contribution in [1.82, 2.24) is 5.32 Å². The van der Waals surface area contributed by atoms with Gasteiger partial charge in [-0.05, 0) is 55.2 Å². The van der Waals surface area contributed by atoms with Crippen molar-refractivity contribution in [2.75, 3.05) is 6.61 Å². The number of nitrogens with zero attached hydrogens (tertiary/aromatic N) is 1. The molecule has 0 saturated heterocycles. The molecule has 0 bridgehead atoms. The molecule has 32 heavy (non-hydrogen) atoms. The van der Waals surface area contributed by atoms with Crippen molar-refractivity contribution in [2.45, 2.75) is 39.9 Å². The topological polar surface area (TPSA) is 44.6 Å². The number of hydrogen-bond acceptors (Lipinski definition) is 2. The van der Waals surface area contributed by atoms with Crippen LogP contribution >= 0.6 is 23.2 Å². The quantitative estimate of drug-likeness (QED) is 0.166. The monoisotopic (exact) mass is 486 g/mol. The van der Waals surface area contributed by atoms with Gasteiger partial charge in [0.05, 0.1) is 18.7 Å². The Bertz CT molecular complexity index is 958. The van der Waals surface area contributed by atoms with Crippen LogP contribution in [0, 0.1) is 0 Å². The molecule has 0 aromatic heterocycles. The second kappa shape index (κ2) is 13.3. The minimum atomic E-state index is -4.55. The Kier molecular flexibility index (Phi) is 11.5. The van der Waals surface area contributed by atoms with Crippen LogP contribution in [0.15, 0.2) is 75.4 Å². The number of allylic oxidation sites excluding steroid dienone is 4. The van der Waals surface area contributed by atoms with Gasteiger partial charge in [0, 0.05) is 10.6 Å². The van der Waals surface area contributed by atoms with Gasteiger partial charge in [-0.25, -0.2) is 0 Å². The molecule has 0 radical (unpaired) electrons. The smallest absolute Gasteiger partial charge is 0.392 e. The van der Waals surface area contributed by atoms with Gasteiger partial charge in [-0.1, -0.05) is 67.1 Å². The first kappa shape index (κ1) is 27.8. The van der Waals surface area contributed by atoms with Crippen LogP contribution in [0.1, 0.15) is 43.9 Å². The summed E-state index contributed by atoms with van der Waals surface area (Å²) in [5.74, 6) is 0.339. The largest absolute Gasteiger partial charge is 0.416 e. The summed E-state index contributed by atoms with van der Waals surface area (Å²) in [5.41, 5.74) is 0.907. The normalized spacial score (nSPS) is 14.3. The van der Waals surface area contributed by atoms with Crippen LogP contribution in [-0.4, -0.2) is 17.5 Å². The number of aliphatic hydroxyl groups excluding tert-OH is 1. The van der Waals surface area contributed by atoms with Crippen molar-refractivity contribution in [1.29, 1.82) is 0 Å². The number of benzene rings is 1. The number of amidine groups is 1. The summed E-state index contributed by atoms with van der Waals surface area (Å²) >= 11 is 12.2.